The van der Waals surface area contributed by atoms with Crippen LogP contribution in [0.3, 0.4) is 0 Å². The molecule has 4 rings (SSSR count). The van der Waals surface area contributed by atoms with Crippen LogP contribution in [0.15, 0.2) is 18.5 Å². The number of carbonyl (C=O) groups is 1. The van der Waals surface area contributed by atoms with Gasteiger partial charge in [0.2, 0.25) is 5.91 Å². The minimum absolute atomic E-state index is 0.174. The van der Waals surface area contributed by atoms with Gasteiger partial charge in [0.15, 0.2) is 0 Å². The molecule has 0 aliphatic carbocycles. The van der Waals surface area contributed by atoms with Crippen molar-refractivity contribution in [2.45, 2.75) is 38.3 Å². The van der Waals surface area contributed by atoms with E-state index in [0.29, 0.717) is 25.2 Å². The van der Waals surface area contributed by atoms with Crippen LogP contribution in [0.1, 0.15) is 31.5 Å². The summed E-state index contributed by atoms with van der Waals surface area (Å²) >= 11 is 0. The molecule has 3 fully saturated rings. The Morgan fingerprint density at radius 3 is 2.52 bits per heavy atom. The van der Waals surface area contributed by atoms with Crippen LogP contribution >= 0.6 is 0 Å². The molecule has 0 unspecified atom stereocenters. The predicted octanol–water partition coefficient (Wildman–Crippen LogP) is 1.01. The molecule has 1 aromatic heterocycles. The molecule has 0 saturated carbocycles. The summed E-state index contributed by atoms with van der Waals surface area (Å²) < 4.78 is 5.39. The van der Waals surface area contributed by atoms with Gasteiger partial charge in [0, 0.05) is 51.2 Å². The third-order valence-electron chi connectivity index (χ3n) is 6.18. The molecule has 0 N–H and O–H groups in total. The highest BCUT2D eigenvalue weighted by molar-refractivity contribution is 5.79. The first-order chi connectivity index (χ1) is 13.3. The molecule has 0 spiro atoms. The number of piperidine rings is 2. The van der Waals surface area contributed by atoms with E-state index < -0.39 is 0 Å². The van der Waals surface area contributed by atoms with Crippen LogP contribution in [-0.4, -0.2) is 89.1 Å². The molecule has 3 aliphatic rings. The van der Waals surface area contributed by atoms with Gasteiger partial charge in [0.25, 0.3) is 0 Å². The lowest BCUT2D eigenvalue weighted by Crippen LogP contribution is -2.52. The van der Waals surface area contributed by atoms with Gasteiger partial charge in [0.05, 0.1) is 25.7 Å². The zero-order valence-electron chi connectivity index (χ0n) is 16.1. The lowest BCUT2D eigenvalue weighted by atomic mass is 9.92. The van der Waals surface area contributed by atoms with Crippen molar-refractivity contribution in [3.63, 3.8) is 0 Å². The predicted molar refractivity (Wildman–Crippen MR) is 102 cm³/mol. The molecule has 7 nitrogen and oxygen atoms in total. The summed E-state index contributed by atoms with van der Waals surface area (Å²) in [6.07, 6.45) is 8.15. The molecule has 3 aliphatic heterocycles. The van der Waals surface area contributed by atoms with Crippen molar-refractivity contribution in [3.05, 3.63) is 24.3 Å². The van der Waals surface area contributed by atoms with Crippen LogP contribution in [0.5, 0.6) is 0 Å². The second-order valence-electron chi connectivity index (χ2n) is 7.94. The van der Waals surface area contributed by atoms with Crippen LogP contribution in [0, 0.1) is 5.92 Å². The van der Waals surface area contributed by atoms with E-state index in [-0.39, 0.29) is 5.92 Å². The molecule has 3 saturated heterocycles. The van der Waals surface area contributed by atoms with Gasteiger partial charge in [0.1, 0.15) is 5.82 Å². The molecule has 0 radical (unpaired) electrons. The SMILES string of the molecule is O=C([C@H]1CCCN(C2CCN(Cc3ncccn3)CC2)C1)N1CCOCC1. The molecule has 1 amide bonds. The largest absolute Gasteiger partial charge is 0.378 e. The zero-order valence-corrected chi connectivity index (χ0v) is 16.1. The number of hydrogen-bond acceptors (Lipinski definition) is 6. The summed E-state index contributed by atoms with van der Waals surface area (Å²) in [4.78, 5) is 28.6. The lowest BCUT2D eigenvalue weighted by molar-refractivity contribution is -0.142. The minimum atomic E-state index is 0.174. The molecule has 7 heteroatoms. The zero-order chi connectivity index (χ0) is 18.5. The lowest BCUT2D eigenvalue weighted by Gasteiger charge is -2.43. The highest BCUT2D eigenvalue weighted by Gasteiger charge is 2.33. The number of amides is 1. The van der Waals surface area contributed by atoms with Gasteiger partial charge in [-0.05, 0) is 38.3 Å². The number of carbonyl (C=O) groups excluding carboxylic acids is 1. The molecule has 148 valence electrons. The Hall–Kier alpha value is -1.57. The first-order valence-electron chi connectivity index (χ1n) is 10.4. The van der Waals surface area contributed by atoms with Crippen molar-refractivity contribution >= 4 is 5.91 Å². The van der Waals surface area contributed by atoms with Gasteiger partial charge in [-0.1, -0.05) is 0 Å². The van der Waals surface area contributed by atoms with Gasteiger partial charge in [-0.2, -0.15) is 0 Å². The molecular formula is C20H31N5O2. The fourth-order valence-electron chi connectivity index (χ4n) is 4.64. The average Bonchev–Trinajstić information content (AvgIpc) is 2.75. The van der Waals surface area contributed by atoms with E-state index in [0.717, 1.165) is 64.5 Å². The van der Waals surface area contributed by atoms with E-state index in [9.17, 15) is 4.79 Å². The minimum Gasteiger partial charge on any atom is -0.378 e. The molecular weight excluding hydrogens is 342 g/mol. The first-order valence-corrected chi connectivity index (χ1v) is 10.4. The number of hydrogen-bond donors (Lipinski definition) is 0. The van der Waals surface area contributed by atoms with E-state index in [4.69, 9.17) is 4.74 Å². The number of rotatable bonds is 4. The smallest absolute Gasteiger partial charge is 0.227 e. The fourth-order valence-corrected chi connectivity index (χ4v) is 4.64. The Bertz CT molecular complexity index is 600. The van der Waals surface area contributed by atoms with E-state index in [1.165, 1.54) is 12.8 Å². The van der Waals surface area contributed by atoms with Gasteiger partial charge in [-0.25, -0.2) is 9.97 Å². The van der Waals surface area contributed by atoms with E-state index in [2.05, 4.69) is 19.8 Å². The van der Waals surface area contributed by atoms with Gasteiger partial charge in [-0.3, -0.25) is 14.6 Å². The maximum absolute atomic E-state index is 12.9. The highest BCUT2D eigenvalue weighted by atomic mass is 16.5. The first kappa shape index (κ1) is 18.8. The summed E-state index contributed by atoms with van der Waals surface area (Å²) in [5.74, 6) is 1.43. The molecule has 1 aromatic rings. The van der Waals surface area contributed by atoms with Crippen molar-refractivity contribution in [2.75, 3.05) is 52.5 Å². The Kier molecular flexibility index (Phi) is 6.32. The van der Waals surface area contributed by atoms with Crippen molar-refractivity contribution in [1.29, 1.82) is 0 Å². The fraction of sp³-hybridized carbons (Fsp3) is 0.750. The Balaban J connectivity index is 1.26. The van der Waals surface area contributed by atoms with E-state index in [1.807, 2.05) is 23.4 Å². The summed E-state index contributed by atoms with van der Waals surface area (Å²) in [6.45, 7) is 7.97. The van der Waals surface area contributed by atoms with Gasteiger partial charge >= 0.3 is 0 Å². The maximum Gasteiger partial charge on any atom is 0.227 e. The molecule has 0 aromatic carbocycles. The Morgan fingerprint density at radius 2 is 1.78 bits per heavy atom. The van der Waals surface area contributed by atoms with E-state index in [1.54, 1.807) is 0 Å². The van der Waals surface area contributed by atoms with E-state index >= 15 is 0 Å². The Morgan fingerprint density at radius 1 is 1.04 bits per heavy atom. The quantitative estimate of drug-likeness (QED) is 0.785. The Labute approximate surface area is 161 Å². The number of aromatic nitrogens is 2. The van der Waals surface area contributed by atoms with Crippen LogP contribution in [0.2, 0.25) is 0 Å². The topological polar surface area (TPSA) is 61.8 Å². The van der Waals surface area contributed by atoms with Crippen LogP contribution in [0.25, 0.3) is 0 Å². The number of morpholine rings is 1. The third-order valence-corrected chi connectivity index (χ3v) is 6.18. The van der Waals surface area contributed by atoms with Crippen LogP contribution in [0.4, 0.5) is 0 Å². The van der Waals surface area contributed by atoms with Crippen molar-refractivity contribution < 1.29 is 9.53 Å². The summed E-state index contributed by atoms with van der Waals surface area (Å²) in [5, 5.41) is 0. The number of nitrogens with zero attached hydrogens (tertiary/aromatic N) is 5. The van der Waals surface area contributed by atoms with Crippen molar-refractivity contribution in [1.82, 2.24) is 24.7 Å². The number of ether oxygens (including phenoxy) is 1. The summed E-state index contributed by atoms with van der Waals surface area (Å²) in [5.41, 5.74) is 0. The second-order valence-corrected chi connectivity index (χ2v) is 7.94. The van der Waals surface area contributed by atoms with Crippen LogP contribution < -0.4 is 0 Å². The molecule has 27 heavy (non-hydrogen) atoms. The average molecular weight is 374 g/mol. The van der Waals surface area contributed by atoms with Crippen LogP contribution in [-0.2, 0) is 16.1 Å². The van der Waals surface area contributed by atoms with Crippen molar-refractivity contribution in [2.24, 2.45) is 5.92 Å². The molecule has 4 heterocycles. The standard InChI is InChI=1S/C20H31N5O2/c26-20(24-11-13-27-14-12-24)17-3-1-8-25(15-17)18-4-9-23(10-5-18)16-19-21-6-2-7-22-19/h2,6-7,17-18H,1,3-5,8-16H2/t17-/m0/s1. The molecule has 1 atom stereocenters. The van der Waals surface area contributed by atoms with Gasteiger partial charge < -0.3 is 9.64 Å². The maximum atomic E-state index is 12.9. The third kappa shape index (κ3) is 4.83. The summed E-state index contributed by atoms with van der Waals surface area (Å²) in [7, 11) is 0. The normalized spacial score (nSPS) is 26.2. The highest BCUT2D eigenvalue weighted by Crippen LogP contribution is 2.25. The molecule has 0 bridgehead atoms. The van der Waals surface area contributed by atoms with Crippen molar-refractivity contribution in [3.8, 4) is 0 Å². The second kappa shape index (κ2) is 9.08. The summed E-state index contributed by atoms with van der Waals surface area (Å²) in [6, 6.07) is 2.47. The van der Waals surface area contributed by atoms with Gasteiger partial charge in [-0.15, -0.1) is 0 Å². The number of likely N-dealkylation sites (tertiary alicyclic amines) is 2. The monoisotopic (exact) mass is 373 g/mol.